The molecular formula is C44H45N5O6S2. The minimum Gasteiger partial charge on any atom is -0.494 e. The van der Waals surface area contributed by atoms with Gasteiger partial charge in [0.15, 0.2) is 16.0 Å². The van der Waals surface area contributed by atoms with Gasteiger partial charge < -0.3 is 19.5 Å². The van der Waals surface area contributed by atoms with Crippen molar-refractivity contribution in [2.45, 2.75) is 57.9 Å². The first-order valence-corrected chi connectivity index (χ1v) is 21.1. The Labute approximate surface area is 340 Å². The fraction of sp³-hybridized carbons (Fsp3) is 0.386. The van der Waals surface area contributed by atoms with Crippen LogP contribution >= 0.6 is 22.7 Å². The summed E-state index contributed by atoms with van der Waals surface area (Å²) in [6.45, 7) is 3.59. The third-order valence-corrected chi connectivity index (χ3v) is 13.5. The summed E-state index contributed by atoms with van der Waals surface area (Å²) in [7, 11) is 1.37. The first-order valence-electron chi connectivity index (χ1n) is 19.5. The molecule has 1 saturated carbocycles. The highest BCUT2D eigenvalue weighted by atomic mass is 32.1. The molecule has 0 bridgehead atoms. The van der Waals surface area contributed by atoms with Crippen molar-refractivity contribution in [3.05, 3.63) is 99.6 Å². The summed E-state index contributed by atoms with van der Waals surface area (Å²) < 4.78 is 12.2. The number of para-hydroxylation sites is 1. The second-order valence-electron chi connectivity index (χ2n) is 15.2. The van der Waals surface area contributed by atoms with E-state index in [4.69, 9.17) is 19.6 Å². The number of thiazole rings is 2. The van der Waals surface area contributed by atoms with E-state index in [9.17, 15) is 14.4 Å². The minimum absolute atomic E-state index is 0.149. The predicted molar refractivity (Wildman–Crippen MR) is 222 cm³/mol. The molecule has 2 aliphatic heterocycles. The van der Waals surface area contributed by atoms with Crippen molar-refractivity contribution < 1.29 is 29.0 Å². The largest absolute Gasteiger partial charge is 0.494 e. The maximum Gasteiger partial charge on any atom is 0.357 e. The molecule has 1 spiro atoms. The third-order valence-electron chi connectivity index (χ3n) is 11.4. The van der Waals surface area contributed by atoms with Crippen LogP contribution in [-0.2, 0) is 28.9 Å². The van der Waals surface area contributed by atoms with E-state index < -0.39 is 11.9 Å². The average Bonchev–Trinajstić information content (AvgIpc) is 3.83. The number of carboxylic acid groups (broad SMARTS) is 1. The average molecular weight is 804 g/mol. The van der Waals surface area contributed by atoms with Crippen LogP contribution in [0, 0.1) is 23.2 Å². The number of rotatable bonds is 12. The van der Waals surface area contributed by atoms with Gasteiger partial charge >= 0.3 is 11.9 Å². The van der Waals surface area contributed by atoms with Crippen molar-refractivity contribution in [1.82, 2.24) is 14.9 Å². The molecule has 1 aliphatic carbocycles. The minimum atomic E-state index is -0.743. The molecule has 1 amide bonds. The van der Waals surface area contributed by atoms with Gasteiger partial charge in [-0.15, -0.1) is 11.3 Å². The molecule has 294 valence electrons. The number of anilines is 2. The van der Waals surface area contributed by atoms with Crippen LogP contribution in [0.3, 0.4) is 0 Å². The number of likely N-dealkylation sites (tertiary alicyclic amines) is 1. The number of carbonyl (C=O) groups is 3. The fourth-order valence-electron chi connectivity index (χ4n) is 8.40. The zero-order valence-electron chi connectivity index (χ0n) is 31.9. The number of fused-ring (bicyclic) bond motifs is 2. The smallest absolute Gasteiger partial charge is 0.357 e. The van der Waals surface area contributed by atoms with Crippen LogP contribution in [0.5, 0.6) is 5.75 Å². The molecule has 3 aromatic carbocycles. The first-order chi connectivity index (χ1) is 27.7. The van der Waals surface area contributed by atoms with Gasteiger partial charge in [0.1, 0.15) is 5.75 Å². The lowest BCUT2D eigenvalue weighted by molar-refractivity contribution is -0.139. The first kappa shape index (κ1) is 38.6. The van der Waals surface area contributed by atoms with E-state index >= 15 is 0 Å². The Bertz CT molecular complexity index is 2290. The van der Waals surface area contributed by atoms with Gasteiger partial charge in [-0.1, -0.05) is 47.4 Å². The molecule has 0 atom stereocenters. The molecule has 4 heterocycles. The summed E-state index contributed by atoms with van der Waals surface area (Å²) >= 11 is 2.94. The number of aryl methyl sites for hydroxylation is 1. The van der Waals surface area contributed by atoms with Crippen LogP contribution in [0.4, 0.5) is 10.3 Å². The molecule has 1 saturated heterocycles. The van der Waals surface area contributed by atoms with Crippen molar-refractivity contribution in [1.29, 1.82) is 0 Å². The monoisotopic (exact) mass is 803 g/mol. The van der Waals surface area contributed by atoms with E-state index in [1.807, 2.05) is 60.7 Å². The van der Waals surface area contributed by atoms with E-state index in [1.54, 1.807) is 0 Å². The summed E-state index contributed by atoms with van der Waals surface area (Å²) in [5.74, 6) is 6.67. The second-order valence-corrected chi connectivity index (χ2v) is 17.3. The number of aromatic nitrogens is 2. The van der Waals surface area contributed by atoms with Gasteiger partial charge in [0, 0.05) is 35.5 Å². The maximum absolute atomic E-state index is 13.5. The number of hydrogen-bond donors (Lipinski definition) is 2. The molecule has 2 fully saturated rings. The summed E-state index contributed by atoms with van der Waals surface area (Å²) in [6.07, 6.45) is 7.50. The molecule has 5 aromatic rings. The zero-order valence-corrected chi connectivity index (χ0v) is 33.6. The molecule has 11 nitrogen and oxygen atoms in total. The number of esters is 1. The molecular weight excluding hydrogens is 759 g/mol. The molecule has 0 radical (unpaired) electrons. The van der Waals surface area contributed by atoms with E-state index in [2.05, 4.69) is 38.0 Å². The number of hydrogen-bond acceptors (Lipinski definition) is 11. The highest BCUT2D eigenvalue weighted by Crippen LogP contribution is 2.53. The number of piperidine rings is 1. The van der Waals surface area contributed by atoms with Gasteiger partial charge in [0.25, 0.3) is 5.91 Å². The van der Waals surface area contributed by atoms with E-state index in [-0.39, 0.29) is 12.5 Å². The highest BCUT2D eigenvalue weighted by Gasteiger charge is 2.45. The molecule has 2 aromatic heterocycles. The lowest BCUT2D eigenvalue weighted by atomic mass is 9.57. The second kappa shape index (κ2) is 17.1. The van der Waals surface area contributed by atoms with Crippen LogP contribution in [0.15, 0.2) is 66.7 Å². The Kier molecular flexibility index (Phi) is 11.5. The topological polar surface area (TPSA) is 134 Å². The molecule has 13 heteroatoms. The van der Waals surface area contributed by atoms with E-state index in [0.29, 0.717) is 60.3 Å². The number of carboxylic acids is 1. The third kappa shape index (κ3) is 8.99. The van der Waals surface area contributed by atoms with Gasteiger partial charge in [0.2, 0.25) is 0 Å². The van der Waals surface area contributed by atoms with Gasteiger partial charge in [-0.2, -0.15) is 0 Å². The van der Waals surface area contributed by atoms with Gasteiger partial charge in [0.05, 0.1) is 30.5 Å². The number of nitrogens with one attached hydrogen (secondary N) is 1. The standard InChI is InChI=1S/C44H45N5O6S2/c1-54-41(53)39-37(13-6-24-55-32-16-14-29(15-17-32)7-4-8-30-25-44(26-30)19-22-48(23-20-44)28-38(50)51)57-43(46-39)49-21-18-31-9-5-10-33(34(31)27-49)40(52)47-42-45-35-11-2-3-12-36(35)56-42/h2-3,5,9-12,14-17,30H,6,8,13,18-28H2,1H3,(H,50,51)(H,45,47,52). The van der Waals surface area contributed by atoms with Crippen LogP contribution in [-0.4, -0.2) is 77.7 Å². The number of methoxy groups -OCH3 is 1. The van der Waals surface area contributed by atoms with Gasteiger partial charge in [-0.3, -0.25) is 19.8 Å². The van der Waals surface area contributed by atoms with Gasteiger partial charge in [-0.05, 0) is 123 Å². The van der Waals surface area contributed by atoms with Crippen molar-refractivity contribution in [2.24, 2.45) is 11.3 Å². The van der Waals surface area contributed by atoms with E-state index in [1.165, 1.54) is 42.6 Å². The van der Waals surface area contributed by atoms with Crippen molar-refractivity contribution in [3.63, 3.8) is 0 Å². The Morgan fingerprint density at radius 2 is 1.79 bits per heavy atom. The van der Waals surface area contributed by atoms with Crippen molar-refractivity contribution in [3.8, 4) is 17.6 Å². The maximum atomic E-state index is 13.5. The Morgan fingerprint density at radius 3 is 2.56 bits per heavy atom. The summed E-state index contributed by atoms with van der Waals surface area (Å²) in [5.41, 5.74) is 5.21. The summed E-state index contributed by atoms with van der Waals surface area (Å²) in [4.78, 5) is 51.7. The normalized spacial score (nSPS) is 16.3. The van der Waals surface area contributed by atoms with E-state index in [0.717, 1.165) is 81.4 Å². The molecule has 8 rings (SSSR count). The number of amides is 1. The van der Waals surface area contributed by atoms with Crippen LogP contribution in [0.2, 0.25) is 0 Å². The lowest BCUT2D eigenvalue weighted by Gasteiger charge is -2.52. The number of ether oxygens (including phenoxy) is 2. The number of benzene rings is 3. The van der Waals surface area contributed by atoms with Crippen LogP contribution in [0.1, 0.15) is 80.9 Å². The van der Waals surface area contributed by atoms with Crippen LogP contribution < -0.4 is 15.0 Å². The number of carbonyl (C=O) groups excluding carboxylic acids is 2. The quantitative estimate of drug-likeness (QED) is 0.0735. The highest BCUT2D eigenvalue weighted by molar-refractivity contribution is 7.22. The molecule has 3 aliphatic rings. The summed E-state index contributed by atoms with van der Waals surface area (Å²) in [6, 6.07) is 21.5. The fourth-order valence-corrected chi connectivity index (χ4v) is 10.4. The van der Waals surface area contributed by atoms with Crippen molar-refractivity contribution in [2.75, 3.05) is 50.1 Å². The summed E-state index contributed by atoms with van der Waals surface area (Å²) in [5, 5.41) is 13.3. The molecule has 2 N–H and O–H groups in total. The number of aliphatic carboxylic acids is 1. The predicted octanol–water partition coefficient (Wildman–Crippen LogP) is 7.68. The van der Waals surface area contributed by atoms with Crippen LogP contribution in [0.25, 0.3) is 10.2 Å². The zero-order chi connectivity index (χ0) is 39.4. The van der Waals surface area contributed by atoms with Gasteiger partial charge in [-0.25, -0.2) is 14.8 Å². The van der Waals surface area contributed by atoms with Crippen molar-refractivity contribution >= 4 is 61.0 Å². The SMILES string of the molecule is COC(=O)c1nc(N2CCc3cccc(C(=O)Nc4nc5ccccc5s4)c3C2)sc1CCCOc1ccc(C#CCC2CC3(CCN(CC(=O)O)CC3)C2)cc1. The lowest BCUT2D eigenvalue weighted by Crippen LogP contribution is -2.48. The molecule has 57 heavy (non-hydrogen) atoms. The number of nitrogens with zero attached hydrogens (tertiary/aromatic N) is 4. The Hall–Kier alpha value is -5.29. The molecule has 0 unspecified atom stereocenters. The Morgan fingerprint density at radius 1 is 0.982 bits per heavy atom. The Balaban J connectivity index is 0.825.